The maximum absolute atomic E-state index is 11.9. The quantitative estimate of drug-likeness (QED) is 0.651. The first-order valence-electron chi connectivity index (χ1n) is 6.36. The Bertz CT molecular complexity index is 659. The highest BCUT2D eigenvalue weighted by molar-refractivity contribution is 6.03. The standard InChI is InChI=1S/C15H14N2O4/c1-2-21-15(20)10-3-5-11(6-4-10)17-14(19)13-8-7-12(9-18)16-13/h3-9,16H,2H2,1H3,(H,17,19). The fourth-order valence-electron chi connectivity index (χ4n) is 1.72. The first kappa shape index (κ1) is 14.5. The monoisotopic (exact) mass is 286 g/mol. The van der Waals surface area contributed by atoms with Gasteiger partial charge in [0.25, 0.3) is 5.91 Å². The molecule has 0 unspecified atom stereocenters. The second kappa shape index (κ2) is 6.51. The van der Waals surface area contributed by atoms with Crippen molar-refractivity contribution in [1.29, 1.82) is 0 Å². The number of ether oxygens (including phenoxy) is 1. The zero-order chi connectivity index (χ0) is 15.2. The third-order valence-corrected chi connectivity index (χ3v) is 2.73. The van der Waals surface area contributed by atoms with Gasteiger partial charge in [0.1, 0.15) is 5.69 Å². The highest BCUT2D eigenvalue weighted by atomic mass is 16.5. The molecule has 0 saturated carbocycles. The van der Waals surface area contributed by atoms with Gasteiger partial charge < -0.3 is 15.0 Å². The van der Waals surface area contributed by atoms with Gasteiger partial charge >= 0.3 is 5.97 Å². The number of aromatic amines is 1. The Morgan fingerprint density at radius 3 is 2.48 bits per heavy atom. The topological polar surface area (TPSA) is 88.3 Å². The summed E-state index contributed by atoms with van der Waals surface area (Å²) in [6, 6.07) is 9.39. The summed E-state index contributed by atoms with van der Waals surface area (Å²) in [6.07, 6.45) is 0.630. The molecule has 0 atom stereocenters. The van der Waals surface area contributed by atoms with E-state index in [0.717, 1.165) is 0 Å². The van der Waals surface area contributed by atoms with Gasteiger partial charge in [0.2, 0.25) is 0 Å². The van der Waals surface area contributed by atoms with Gasteiger partial charge in [-0.05, 0) is 43.3 Å². The number of carbonyl (C=O) groups is 3. The number of rotatable bonds is 5. The van der Waals surface area contributed by atoms with Crippen molar-refractivity contribution in [3.8, 4) is 0 Å². The Morgan fingerprint density at radius 2 is 1.90 bits per heavy atom. The molecule has 0 radical (unpaired) electrons. The third kappa shape index (κ3) is 3.56. The SMILES string of the molecule is CCOC(=O)c1ccc(NC(=O)c2ccc(C=O)[nH]2)cc1. The molecule has 0 saturated heterocycles. The Morgan fingerprint density at radius 1 is 1.19 bits per heavy atom. The average Bonchev–Trinajstić information content (AvgIpc) is 2.97. The highest BCUT2D eigenvalue weighted by Crippen LogP contribution is 2.12. The number of anilines is 1. The molecule has 6 heteroatoms. The van der Waals surface area contributed by atoms with E-state index in [1.165, 1.54) is 12.1 Å². The minimum atomic E-state index is -0.407. The molecule has 0 bridgehead atoms. The highest BCUT2D eigenvalue weighted by Gasteiger charge is 2.10. The van der Waals surface area contributed by atoms with Gasteiger partial charge in [0.05, 0.1) is 17.9 Å². The zero-order valence-corrected chi connectivity index (χ0v) is 11.4. The van der Waals surface area contributed by atoms with Crippen LogP contribution in [0.25, 0.3) is 0 Å². The molecule has 0 aliphatic rings. The maximum atomic E-state index is 11.9. The summed E-state index contributed by atoms with van der Waals surface area (Å²) in [5, 5.41) is 2.66. The molecular weight excluding hydrogens is 272 g/mol. The second-order valence-corrected chi connectivity index (χ2v) is 4.20. The first-order chi connectivity index (χ1) is 10.1. The Balaban J connectivity index is 2.04. The summed E-state index contributed by atoms with van der Waals surface area (Å²) in [5.41, 5.74) is 1.57. The van der Waals surface area contributed by atoms with Crippen LogP contribution in [0.2, 0.25) is 0 Å². The fourth-order valence-corrected chi connectivity index (χ4v) is 1.72. The van der Waals surface area contributed by atoms with Crippen LogP contribution < -0.4 is 5.32 Å². The molecule has 2 aromatic rings. The molecule has 1 amide bonds. The van der Waals surface area contributed by atoms with Crippen molar-refractivity contribution >= 4 is 23.9 Å². The molecule has 1 aromatic heterocycles. The van der Waals surface area contributed by atoms with Gasteiger partial charge in [-0.15, -0.1) is 0 Å². The number of aromatic nitrogens is 1. The predicted octanol–water partition coefficient (Wildman–Crippen LogP) is 2.26. The zero-order valence-electron chi connectivity index (χ0n) is 11.4. The number of amides is 1. The number of esters is 1. The summed E-state index contributed by atoms with van der Waals surface area (Å²) in [6.45, 7) is 2.04. The van der Waals surface area contributed by atoms with Crippen LogP contribution in [0.3, 0.4) is 0 Å². The van der Waals surface area contributed by atoms with E-state index >= 15 is 0 Å². The molecule has 1 aromatic carbocycles. The summed E-state index contributed by atoms with van der Waals surface area (Å²) in [5.74, 6) is -0.776. The van der Waals surface area contributed by atoms with Crippen LogP contribution in [0.5, 0.6) is 0 Å². The number of H-pyrrole nitrogens is 1. The molecule has 0 fully saturated rings. The lowest BCUT2D eigenvalue weighted by Gasteiger charge is -2.05. The van der Waals surface area contributed by atoms with E-state index in [1.807, 2.05) is 0 Å². The molecule has 1 heterocycles. The molecule has 0 spiro atoms. The van der Waals surface area contributed by atoms with Crippen molar-refractivity contribution in [3.63, 3.8) is 0 Å². The Hall–Kier alpha value is -2.89. The van der Waals surface area contributed by atoms with E-state index in [2.05, 4.69) is 10.3 Å². The molecule has 2 N–H and O–H groups in total. The van der Waals surface area contributed by atoms with Crippen LogP contribution in [0, 0.1) is 0 Å². The van der Waals surface area contributed by atoms with Gasteiger partial charge in [-0.2, -0.15) is 0 Å². The van der Waals surface area contributed by atoms with Crippen molar-refractivity contribution in [2.24, 2.45) is 0 Å². The lowest BCUT2D eigenvalue weighted by molar-refractivity contribution is 0.0526. The second-order valence-electron chi connectivity index (χ2n) is 4.20. The van der Waals surface area contributed by atoms with Crippen LogP contribution in [-0.2, 0) is 4.74 Å². The van der Waals surface area contributed by atoms with Crippen LogP contribution in [0.4, 0.5) is 5.69 Å². The number of carbonyl (C=O) groups excluding carboxylic acids is 3. The smallest absolute Gasteiger partial charge is 0.338 e. The van der Waals surface area contributed by atoms with Crippen LogP contribution in [0.15, 0.2) is 36.4 Å². The molecule has 6 nitrogen and oxygen atoms in total. The van der Waals surface area contributed by atoms with Crippen molar-refractivity contribution in [3.05, 3.63) is 53.3 Å². The van der Waals surface area contributed by atoms with Crippen molar-refractivity contribution in [2.75, 3.05) is 11.9 Å². The number of hydrogen-bond donors (Lipinski definition) is 2. The van der Waals surface area contributed by atoms with E-state index in [-0.39, 0.29) is 11.6 Å². The normalized spacial score (nSPS) is 9.95. The summed E-state index contributed by atoms with van der Waals surface area (Å²) < 4.78 is 4.87. The van der Waals surface area contributed by atoms with Crippen molar-refractivity contribution in [1.82, 2.24) is 4.98 Å². The van der Waals surface area contributed by atoms with Gasteiger partial charge in [0, 0.05) is 5.69 Å². The largest absolute Gasteiger partial charge is 0.462 e. The predicted molar refractivity (Wildman–Crippen MR) is 76.5 cm³/mol. The molecule has 0 aliphatic heterocycles. The van der Waals surface area contributed by atoms with Gasteiger partial charge in [-0.25, -0.2) is 4.79 Å². The minimum Gasteiger partial charge on any atom is -0.462 e. The van der Waals surface area contributed by atoms with Crippen molar-refractivity contribution in [2.45, 2.75) is 6.92 Å². The average molecular weight is 286 g/mol. The Kier molecular flexibility index (Phi) is 4.50. The lowest BCUT2D eigenvalue weighted by atomic mass is 10.2. The number of aldehydes is 1. The minimum absolute atomic E-state index is 0.284. The van der Waals surface area contributed by atoms with E-state index in [9.17, 15) is 14.4 Å². The summed E-state index contributed by atoms with van der Waals surface area (Å²) >= 11 is 0. The van der Waals surface area contributed by atoms with Crippen LogP contribution in [-0.4, -0.2) is 29.8 Å². The van der Waals surface area contributed by atoms with Crippen LogP contribution >= 0.6 is 0 Å². The first-order valence-corrected chi connectivity index (χ1v) is 6.36. The van der Waals surface area contributed by atoms with E-state index in [4.69, 9.17) is 4.74 Å². The van der Waals surface area contributed by atoms with E-state index in [0.29, 0.717) is 29.8 Å². The van der Waals surface area contributed by atoms with Gasteiger partial charge in [0.15, 0.2) is 6.29 Å². The van der Waals surface area contributed by atoms with Gasteiger partial charge in [-0.1, -0.05) is 0 Å². The number of nitrogens with one attached hydrogen (secondary N) is 2. The number of hydrogen-bond acceptors (Lipinski definition) is 4. The molecule has 21 heavy (non-hydrogen) atoms. The van der Waals surface area contributed by atoms with Crippen molar-refractivity contribution < 1.29 is 19.1 Å². The van der Waals surface area contributed by atoms with E-state index in [1.54, 1.807) is 31.2 Å². The molecule has 0 aliphatic carbocycles. The third-order valence-electron chi connectivity index (χ3n) is 2.73. The van der Waals surface area contributed by atoms with Crippen LogP contribution in [0.1, 0.15) is 38.3 Å². The summed E-state index contributed by atoms with van der Waals surface area (Å²) in [7, 11) is 0. The molecule has 108 valence electrons. The van der Waals surface area contributed by atoms with Gasteiger partial charge in [-0.3, -0.25) is 9.59 Å². The van der Waals surface area contributed by atoms with E-state index < -0.39 is 5.97 Å². The lowest BCUT2D eigenvalue weighted by Crippen LogP contribution is -2.12. The Labute approximate surface area is 121 Å². The summed E-state index contributed by atoms with van der Waals surface area (Å²) in [4.78, 5) is 36.6. The maximum Gasteiger partial charge on any atom is 0.338 e. The number of benzene rings is 1. The molecule has 2 rings (SSSR count). The fraction of sp³-hybridized carbons (Fsp3) is 0.133. The molecular formula is C15H14N2O4.